The van der Waals surface area contributed by atoms with Crippen molar-refractivity contribution in [3.63, 3.8) is 0 Å². The minimum atomic E-state index is -0.878. The Morgan fingerprint density at radius 1 is 1.05 bits per heavy atom. The number of amides is 1. The molecule has 0 unspecified atom stereocenters. The summed E-state index contributed by atoms with van der Waals surface area (Å²) in [6.45, 7) is 19.1. The first-order valence-corrected chi connectivity index (χ1v) is 14.9. The van der Waals surface area contributed by atoms with Crippen LogP contribution in [-0.4, -0.2) is 57.9 Å². The van der Waals surface area contributed by atoms with Crippen LogP contribution in [0.25, 0.3) is 0 Å². The number of hydrogen-bond acceptors (Lipinski definition) is 7. The summed E-state index contributed by atoms with van der Waals surface area (Å²) >= 11 is 0. The third kappa shape index (κ3) is 12.1. The largest absolute Gasteiger partial charge is 0.462 e. The average Bonchev–Trinajstić information content (AvgIpc) is 2.90. The van der Waals surface area contributed by atoms with E-state index in [-0.39, 0.29) is 53.5 Å². The van der Waals surface area contributed by atoms with Gasteiger partial charge in [0.2, 0.25) is 0 Å². The van der Waals surface area contributed by atoms with Gasteiger partial charge in [-0.05, 0) is 31.6 Å². The third-order valence-electron chi connectivity index (χ3n) is 8.37. The van der Waals surface area contributed by atoms with E-state index >= 15 is 0 Å². The van der Waals surface area contributed by atoms with Crippen LogP contribution >= 0.6 is 0 Å². The van der Waals surface area contributed by atoms with Crippen LogP contribution in [0.5, 0.6) is 0 Å². The van der Waals surface area contributed by atoms with Crippen molar-refractivity contribution in [3.8, 4) is 0 Å². The molecule has 1 amide bonds. The van der Waals surface area contributed by atoms with Crippen molar-refractivity contribution in [1.82, 2.24) is 0 Å². The molecule has 1 aliphatic heterocycles. The molecule has 0 bridgehead atoms. The molecule has 8 nitrogen and oxygen atoms in total. The van der Waals surface area contributed by atoms with Gasteiger partial charge in [-0.1, -0.05) is 97.1 Å². The number of carbonyl (C=O) groups is 2. The quantitative estimate of drug-likeness (QED) is 0.110. The summed E-state index contributed by atoms with van der Waals surface area (Å²) in [5.41, 5.74) is 6.33. The number of nitrogens with two attached hydrogens (primary N) is 1. The highest BCUT2D eigenvalue weighted by Gasteiger charge is 2.34. The number of allylic oxidation sites excluding steroid dienone is 3. The van der Waals surface area contributed by atoms with Gasteiger partial charge in [-0.25, -0.2) is 4.79 Å². The van der Waals surface area contributed by atoms with Crippen LogP contribution in [0.4, 0.5) is 4.79 Å². The fraction of sp³-hybridized carbons (Fsp3) is 0.697. The molecule has 1 fully saturated rings. The van der Waals surface area contributed by atoms with E-state index in [2.05, 4.69) is 6.58 Å². The van der Waals surface area contributed by atoms with Crippen molar-refractivity contribution >= 4 is 12.1 Å². The van der Waals surface area contributed by atoms with E-state index in [1.165, 1.54) is 0 Å². The Morgan fingerprint density at radius 2 is 1.68 bits per heavy atom. The first-order valence-electron chi connectivity index (χ1n) is 14.9. The molecule has 234 valence electrons. The lowest BCUT2D eigenvalue weighted by molar-refractivity contribution is -0.165. The topological polar surface area (TPSA) is 139 Å². The molecule has 1 rings (SSSR count). The number of esters is 1. The summed E-state index contributed by atoms with van der Waals surface area (Å²) in [7, 11) is 0. The summed E-state index contributed by atoms with van der Waals surface area (Å²) in [5.74, 6) is -1.18. The van der Waals surface area contributed by atoms with Crippen molar-refractivity contribution < 1.29 is 34.4 Å². The minimum Gasteiger partial charge on any atom is -0.462 e. The van der Waals surface area contributed by atoms with E-state index < -0.39 is 30.5 Å². The van der Waals surface area contributed by atoms with E-state index in [1.807, 2.05) is 73.6 Å². The Hall–Kier alpha value is -2.42. The molecule has 41 heavy (non-hydrogen) atoms. The average molecular weight is 578 g/mol. The number of primary amides is 1. The molecule has 12 atom stereocenters. The summed E-state index contributed by atoms with van der Waals surface area (Å²) in [4.78, 5) is 23.4. The van der Waals surface area contributed by atoms with Gasteiger partial charge in [0, 0.05) is 30.1 Å². The Balaban J connectivity index is 2.74. The van der Waals surface area contributed by atoms with Gasteiger partial charge in [0.25, 0.3) is 0 Å². The maximum Gasteiger partial charge on any atom is 0.404 e. The van der Waals surface area contributed by atoms with Crippen molar-refractivity contribution in [2.75, 3.05) is 0 Å². The molecule has 0 aromatic heterocycles. The van der Waals surface area contributed by atoms with Crippen LogP contribution in [0.2, 0.25) is 0 Å². The second-order valence-electron chi connectivity index (χ2n) is 12.4. The molecular formula is C33H55NO7. The number of cyclic esters (lactones) is 1. The third-order valence-corrected chi connectivity index (χ3v) is 8.37. The smallest absolute Gasteiger partial charge is 0.404 e. The highest BCUT2D eigenvalue weighted by atomic mass is 16.6. The summed E-state index contributed by atoms with van der Waals surface area (Å²) in [5, 5.41) is 32.5. The highest BCUT2D eigenvalue weighted by molar-refractivity contribution is 5.73. The van der Waals surface area contributed by atoms with Crippen molar-refractivity contribution in [1.29, 1.82) is 0 Å². The van der Waals surface area contributed by atoms with Crippen molar-refractivity contribution in [2.24, 2.45) is 47.2 Å². The van der Waals surface area contributed by atoms with E-state index in [1.54, 1.807) is 18.2 Å². The SMILES string of the molecule is C=CC=C[C@H](C)[C@H](OC(N)=O)[C@@H](C)[C@H](O)[C@@H](C)CC(C)=C[C@H](C)[C@@H](O)[C@@H](C)C=C[C@@H](O)C[C@@H]1OC(=O)[C@H](C)C[C@H]1C. The first-order chi connectivity index (χ1) is 19.1. The standard InChI is InChI=1S/C33H55NO7/c1-10-11-12-21(4)31(41-33(34)39)26(9)30(37)24(7)16-19(2)15-23(6)29(36)20(3)13-14-27(35)18-28-22(5)17-25(8)32(38)40-28/h10-15,20-31,35-37H,1,16-18H2,2-9H3,(H2,34,39)/t20-,21-,22+,23-,24-,25+,26-,27+,28-,29-,30+,31-/m0/s1. The van der Waals surface area contributed by atoms with Gasteiger partial charge >= 0.3 is 12.1 Å². The lowest BCUT2D eigenvalue weighted by Crippen LogP contribution is -2.41. The zero-order chi connectivity index (χ0) is 31.4. The maximum atomic E-state index is 11.9. The zero-order valence-electron chi connectivity index (χ0n) is 26.3. The van der Waals surface area contributed by atoms with Crippen LogP contribution in [0.1, 0.15) is 74.7 Å². The van der Waals surface area contributed by atoms with Gasteiger partial charge in [0.1, 0.15) is 12.2 Å². The number of rotatable bonds is 16. The van der Waals surface area contributed by atoms with Crippen molar-refractivity contribution in [2.45, 2.75) is 105 Å². The Kier molecular flexibility index (Phi) is 15.6. The monoisotopic (exact) mass is 577 g/mol. The lowest BCUT2D eigenvalue weighted by Gasteiger charge is -2.33. The van der Waals surface area contributed by atoms with Crippen LogP contribution < -0.4 is 5.73 Å². The zero-order valence-corrected chi connectivity index (χ0v) is 26.3. The summed E-state index contributed by atoms with van der Waals surface area (Å²) in [6, 6.07) is 0. The van der Waals surface area contributed by atoms with Crippen LogP contribution in [0.15, 0.2) is 48.6 Å². The summed E-state index contributed by atoms with van der Waals surface area (Å²) in [6.07, 6.45) is 8.47. The number of aliphatic hydroxyl groups excluding tert-OH is 3. The second kappa shape index (κ2) is 17.5. The fourth-order valence-electron chi connectivity index (χ4n) is 5.83. The predicted molar refractivity (Wildman–Crippen MR) is 163 cm³/mol. The first kappa shape index (κ1) is 36.6. The molecule has 1 aliphatic rings. The van der Waals surface area contributed by atoms with Crippen LogP contribution in [0, 0.1) is 41.4 Å². The molecule has 0 aromatic rings. The molecule has 0 aliphatic carbocycles. The number of aliphatic hydroxyl groups is 3. The van der Waals surface area contributed by atoms with E-state index in [9.17, 15) is 24.9 Å². The molecule has 1 saturated heterocycles. The normalized spacial score (nSPS) is 26.9. The van der Waals surface area contributed by atoms with Gasteiger partial charge in [-0.2, -0.15) is 0 Å². The Bertz CT molecular complexity index is 929. The van der Waals surface area contributed by atoms with Gasteiger partial charge < -0.3 is 30.5 Å². The van der Waals surface area contributed by atoms with E-state index in [0.29, 0.717) is 12.8 Å². The van der Waals surface area contributed by atoms with Gasteiger partial charge in [-0.3, -0.25) is 4.79 Å². The van der Waals surface area contributed by atoms with Crippen LogP contribution in [-0.2, 0) is 14.3 Å². The molecular weight excluding hydrogens is 522 g/mol. The fourth-order valence-corrected chi connectivity index (χ4v) is 5.83. The Morgan fingerprint density at radius 3 is 2.27 bits per heavy atom. The maximum absolute atomic E-state index is 11.9. The molecule has 1 heterocycles. The molecule has 0 spiro atoms. The highest BCUT2D eigenvalue weighted by Crippen LogP contribution is 2.30. The summed E-state index contributed by atoms with van der Waals surface area (Å²) < 4.78 is 10.9. The molecule has 0 aromatic carbocycles. The second-order valence-corrected chi connectivity index (χ2v) is 12.4. The minimum absolute atomic E-state index is 0.113. The molecule has 5 N–H and O–H groups in total. The lowest BCUT2D eigenvalue weighted by atomic mass is 9.81. The number of hydrogen-bond donors (Lipinski definition) is 4. The van der Waals surface area contributed by atoms with E-state index in [0.717, 1.165) is 12.0 Å². The van der Waals surface area contributed by atoms with Crippen LogP contribution in [0.3, 0.4) is 0 Å². The van der Waals surface area contributed by atoms with Gasteiger partial charge in [0.05, 0.1) is 24.2 Å². The Labute approximate surface area is 247 Å². The molecule has 0 saturated carbocycles. The number of ether oxygens (including phenoxy) is 2. The molecule has 8 heteroatoms. The van der Waals surface area contributed by atoms with E-state index in [4.69, 9.17) is 15.2 Å². The van der Waals surface area contributed by atoms with Crippen molar-refractivity contribution in [3.05, 3.63) is 48.6 Å². The number of carbonyl (C=O) groups excluding carboxylic acids is 2. The van der Waals surface area contributed by atoms with Gasteiger partial charge in [-0.15, -0.1) is 0 Å². The van der Waals surface area contributed by atoms with Gasteiger partial charge in [0.15, 0.2) is 0 Å². The predicted octanol–water partition coefficient (Wildman–Crippen LogP) is 5.33. The molecule has 0 radical (unpaired) electrons.